The Morgan fingerprint density at radius 3 is 1.86 bits per heavy atom. The summed E-state index contributed by atoms with van der Waals surface area (Å²) in [5, 5.41) is 11.4. The van der Waals surface area contributed by atoms with Crippen molar-refractivity contribution < 1.29 is 61.5 Å². The number of ether oxygens (including phenoxy) is 7. The summed E-state index contributed by atoms with van der Waals surface area (Å²) >= 11 is 0. The number of hydrogen-bond acceptors (Lipinski definition) is 13. The molecule has 3 saturated heterocycles. The van der Waals surface area contributed by atoms with Crippen molar-refractivity contribution in [3.8, 4) is 17.2 Å². The monoisotopic (exact) mass is 826 g/mol. The topological polar surface area (TPSA) is 155 Å². The third kappa shape index (κ3) is 7.84. The van der Waals surface area contributed by atoms with Crippen LogP contribution in [-0.4, -0.2) is 105 Å². The van der Waals surface area contributed by atoms with Crippen LogP contribution in [0.15, 0.2) is 24.3 Å². The van der Waals surface area contributed by atoms with Crippen LogP contribution in [0.4, 0.5) is 0 Å². The lowest BCUT2D eigenvalue weighted by Crippen LogP contribution is -2.68. The average Bonchev–Trinajstić information content (AvgIpc) is 3.52. The third-order valence-corrected chi connectivity index (χ3v) is 21.6. The molecule has 57 heavy (non-hydrogen) atoms. The van der Waals surface area contributed by atoms with Crippen LogP contribution in [-0.2, 0) is 37.3 Å². The van der Waals surface area contributed by atoms with Gasteiger partial charge in [-0.15, -0.1) is 0 Å². The van der Waals surface area contributed by atoms with Crippen molar-refractivity contribution in [2.75, 3.05) is 27.4 Å². The molecular formula is C42H58O13Si2. The minimum atomic E-state index is -2.58. The molecule has 1 aliphatic carbocycles. The number of carbonyl (C=O) groups excluding carboxylic acids is 3. The molecule has 8 atom stereocenters. The molecule has 312 valence electrons. The van der Waals surface area contributed by atoms with Crippen molar-refractivity contribution in [2.24, 2.45) is 11.8 Å². The van der Waals surface area contributed by atoms with Gasteiger partial charge in [0.15, 0.2) is 47.0 Å². The van der Waals surface area contributed by atoms with Gasteiger partial charge in [-0.2, -0.15) is 0 Å². The summed E-state index contributed by atoms with van der Waals surface area (Å²) in [5.74, 6) is -1.78. The first kappa shape index (κ1) is 43.0. The fourth-order valence-corrected chi connectivity index (χ4v) is 10.00. The maximum absolute atomic E-state index is 13.9. The van der Waals surface area contributed by atoms with E-state index in [-0.39, 0.29) is 51.7 Å². The van der Waals surface area contributed by atoms with Gasteiger partial charge in [-0.05, 0) is 83.8 Å². The molecule has 3 aliphatic heterocycles. The third-order valence-electron chi connectivity index (χ3n) is 12.7. The zero-order valence-electron chi connectivity index (χ0n) is 35.3. The van der Waals surface area contributed by atoms with E-state index in [0.29, 0.717) is 39.9 Å². The Hall–Kier alpha value is -3.58. The average molecular weight is 827 g/mol. The van der Waals surface area contributed by atoms with E-state index >= 15 is 0 Å². The smallest absolute Gasteiger partial charge is 0.314 e. The summed E-state index contributed by atoms with van der Waals surface area (Å²) in [5.41, 5.74) is 1.22. The van der Waals surface area contributed by atoms with Crippen molar-refractivity contribution in [1.29, 1.82) is 0 Å². The SMILES string of the molecule is COc1cc(C2=c3cc(C=O)c(C=O)cc3=C(O[C@@H]3O[C@@H]4CO[C@@H](C)O[C@H]4[C@H](O[Si](C)(C)C(C)(C)C)[C@H]3O[Si](C)(C)C(C)(C)C)[C@H]3COC(=O)[C@H]23)cc(OC)c1O. The molecule has 3 fully saturated rings. The normalized spacial score (nSPS) is 27.8. The van der Waals surface area contributed by atoms with Gasteiger partial charge in [-0.3, -0.25) is 14.4 Å². The van der Waals surface area contributed by atoms with Gasteiger partial charge in [0.25, 0.3) is 0 Å². The van der Waals surface area contributed by atoms with Gasteiger partial charge >= 0.3 is 5.97 Å². The summed E-state index contributed by atoms with van der Waals surface area (Å²) in [6.45, 7) is 23.7. The van der Waals surface area contributed by atoms with Crippen molar-refractivity contribution in [3.05, 3.63) is 51.4 Å². The van der Waals surface area contributed by atoms with Gasteiger partial charge in [-0.1, -0.05) is 41.5 Å². The fraction of sp³-hybridized carbons (Fsp3) is 0.595. The van der Waals surface area contributed by atoms with Crippen LogP contribution in [0.2, 0.25) is 36.3 Å². The van der Waals surface area contributed by atoms with E-state index < -0.39 is 71.4 Å². The Bertz CT molecular complexity index is 2010. The molecule has 4 aliphatic rings. The predicted octanol–water partition coefficient (Wildman–Crippen LogP) is 5.43. The molecule has 0 unspecified atom stereocenters. The second-order valence-electron chi connectivity index (χ2n) is 18.3. The number of phenolic OH excluding ortho intramolecular Hbond substituents is 1. The first-order valence-electron chi connectivity index (χ1n) is 19.5. The number of fused-ring (bicyclic) bond motifs is 3. The number of aldehydes is 2. The Kier molecular flexibility index (Phi) is 11.7. The number of phenols is 1. The van der Waals surface area contributed by atoms with Crippen LogP contribution in [0.5, 0.6) is 17.2 Å². The lowest BCUT2D eigenvalue weighted by Gasteiger charge is -2.54. The van der Waals surface area contributed by atoms with E-state index in [1.54, 1.807) is 24.3 Å². The Morgan fingerprint density at radius 1 is 0.789 bits per heavy atom. The number of aromatic hydroxyl groups is 1. The van der Waals surface area contributed by atoms with Crippen LogP contribution >= 0.6 is 0 Å². The maximum atomic E-state index is 13.9. The maximum Gasteiger partial charge on any atom is 0.314 e. The van der Waals surface area contributed by atoms with E-state index in [9.17, 15) is 19.5 Å². The van der Waals surface area contributed by atoms with Crippen molar-refractivity contribution in [2.45, 2.75) is 122 Å². The van der Waals surface area contributed by atoms with Gasteiger partial charge in [0, 0.05) is 16.3 Å². The molecule has 0 saturated carbocycles. The van der Waals surface area contributed by atoms with Gasteiger partial charge in [0.2, 0.25) is 12.0 Å². The quantitative estimate of drug-likeness (QED) is 0.174. The summed E-state index contributed by atoms with van der Waals surface area (Å²) in [7, 11) is -2.26. The zero-order valence-corrected chi connectivity index (χ0v) is 37.3. The van der Waals surface area contributed by atoms with E-state index in [2.05, 4.69) is 67.7 Å². The predicted molar refractivity (Wildman–Crippen MR) is 216 cm³/mol. The highest BCUT2D eigenvalue weighted by molar-refractivity contribution is 6.74. The molecule has 0 spiro atoms. The molecule has 2 aromatic carbocycles. The molecule has 0 radical (unpaired) electrons. The van der Waals surface area contributed by atoms with Gasteiger partial charge in [-0.25, -0.2) is 0 Å². The van der Waals surface area contributed by atoms with Crippen molar-refractivity contribution >= 4 is 46.5 Å². The van der Waals surface area contributed by atoms with Gasteiger partial charge in [0.05, 0.1) is 32.7 Å². The van der Waals surface area contributed by atoms with Crippen molar-refractivity contribution in [1.82, 2.24) is 0 Å². The highest BCUT2D eigenvalue weighted by Crippen LogP contribution is 2.48. The largest absolute Gasteiger partial charge is 0.502 e. The van der Waals surface area contributed by atoms with E-state index in [1.807, 2.05) is 6.92 Å². The summed E-state index contributed by atoms with van der Waals surface area (Å²) in [4.78, 5) is 38.9. The van der Waals surface area contributed by atoms with E-state index in [1.165, 1.54) is 14.2 Å². The Labute approximate surface area is 336 Å². The van der Waals surface area contributed by atoms with Gasteiger partial charge in [0.1, 0.15) is 36.8 Å². The summed E-state index contributed by atoms with van der Waals surface area (Å²) in [6, 6.07) is 6.37. The lowest BCUT2D eigenvalue weighted by atomic mass is 9.77. The summed E-state index contributed by atoms with van der Waals surface area (Å²) in [6.07, 6.45) is -2.94. The summed E-state index contributed by atoms with van der Waals surface area (Å²) < 4.78 is 57.8. The lowest BCUT2D eigenvalue weighted by molar-refractivity contribution is -0.343. The number of carbonyl (C=O) groups is 3. The minimum absolute atomic E-state index is 0.0415. The first-order chi connectivity index (χ1) is 26.6. The molecule has 13 nitrogen and oxygen atoms in total. The second-order valence-corrected chi connectivity index (χ2v) is 27.8. The molecule has 6 rings (SSSR count). The van der Waals surface area contributed by atoms with Crippen LogP contribution < -0.4 is 19.9 Å². The number of hydrogen-bond donors (Lipinski definition) is 1. The molecule has 3 heterocycles. The van der Waals surface area contributed by atoms with Crippen LogP contribution in [0.25, 0.3) is 11.3 Å². The van der Waals surface area contributed by atoms with Crippen molar-refractivity contribution in [3.63, 3.8) is 0 Å². The van der Waals surface area contributed by atoms with Crippen LogP contribution in [0, 0.1) is 11.8 Å². The first-order valence-corrected chi connectivity index (χ1v) is 25.3. The highest BCUT2D eigenvalue weighted by Gasteiger charge is 2.57. The molecule has 1 N–H and O–H groups in total. The number of methoxy groups -OCH3 is 2. The molecule has 0 bridgehead atoms. The van der Waals surface area contributed by atoms with E-state index in [4.69, 9.17) is 42.0 Å². The molecule has 0 amide bonds. The Morgan fingerprint density at radius 2 is 1.33 bits per heavy atom. The van der Waals surface area contributed by atoms with Gasteiger partial charge < -0.3 is 47.1 Å². The number of esters is 1. The minimum Gasteiger partial charge on any atom is -0.502 e. The fourth-order valence-electron chi connectivity index (χ4n) is 7.42. The second kappa shape index (κ2) is 15.5. The molecule has 15 heteroatoms. The Balaban J connectivity index is 1.63. The number of cyclic esters (lactones) is 1. The zero-order chi connectivity index (χ0) is 42.0. The number of rotatable bonds is 11. The number of benzene rings is 2. The van der Waals surface area contributed by atoms with Crippen LogP contribution in [0.1, 0.15) is 74.7 Å². The molecule has 2 aromatic rings. The van der Waals surface area contributed by atoms with E-state index in [0.717, 1.165) is 0 Å². The molecule has 0 aromatic heterocycles. The van der Waals surface area contributed by atoms with Crippen LogP contribution in [0.3, 0.4) is 0 Å². The molecular weight excluding hydrogens is 769 g/mol. The highest BCUT2D eigenvalue weighted by atomic mass is 28.4. The standard InChI is InChI=1S/C42H58O13Si2/c1-22-49-21-31-36(51-22)37(54-56(10,11)41(2,3)4)38(55-57(12,13)42(5,6)7)40(52-31)53-35-27-15-25(19-44)24(18-43)14-26(27)32(33-28(35)20-50-39(33)46)23-16-29(47-8)34(45)30(17-23)48-9/h14-19,22,28,31,33,36-38,40,45H,20-21H2,1-13H3/t22-,28+,31-,33+,36-,37+,38-,40+/m1/s1.